The molecule has 2 atom stereocenters. The Morgan fingerprint density at radius 2 is 1.29 bits per heavy atom. The van der Waals surface area contributed by atoms with E-state index in [9.17, 15) is 9.59 Å². The van der Waals surface area contributed by atoms with Crippen molar-refractivity contribution >= 4 is 11.6 Å². The Kier molecular flexibility index (Phi) is 9.05. The molecule has 0 N–H and O–H groups in total. The van der Waals surface area contributed by atoms with Crippen molar-refractivity contribution in [2.24, 2.45) is 17.8 Å². The minimum Gasteiger partial charge on any atom is -0.300 e. The summed E-state index contributed by atoms with van der Waals surface area (Å²) in [7, 11) is 0. The molecule has 0 aliphatic heterocycles. The molecule has 2 aliphatic rings. The van der Waals surface area contributed by atoms with Crippen molar-refractivity contribution in [2.75, 3.05) is 0 Å². The smallest absolute Gasteiger partial charge is 0.133 e. The Balaban J connectivity index is 1.60. The fourth-order valence-corrected chi connectivity index (χ4v) is 4.98. The number of ketones is 2. The van der Waals surface area contributed by atoms with Gasteiger partial charge < -0.3 is 0 Å². The maximum absolute atomic E-state index is 12.2. The van der Waals surface area contributed by atoms with Crippen LogP contribution in [0.3, 0.4) is 0 Å². The summed E-state index contributed by atoms with van der Waals surface area (Å²) in [5.74, 6) is 2.88. The number of carbonyl (C=O) groups is 2. The molecule has 2 saturated carbocycles. The van der Waals surface area contributed by atoms with Crippen LogP contribution in [-0.2, 0) is 9.59 Å². The van der Waals surface area contributed by atoms with Crippen molar-refractivity contribution in [2.45, 2.75) is 110 Å². The van der Waals surface area contributed by atoms with Crippen LogP contribution in [0.25, 0.3) is 0 Å². The Hall–Kier alpha value is -0.660. The van der Waals surface area contributed by atoms with E-state index in [-0.39, 0.29) is 0 Å². The molecule has 0 saturated heterocycles. The predicted molar refractivity (Wildman–Crippen MR) is 100 cm³/mol. The van der Waals surface area contributed by atoms with Gasteiger partial charge in [0.1, 0.15) is 11.6 Å². The average molecular weight is 335 g/mol. The quantitative estimate of drug-likeness (QED) is 0.472. The van der Waals surface area contributed by atoms with E-state index < -0.39 is 0 Å². The fraction of sp³-hybridized carbons (Fsp3) is 0.909. The Labute approximate surface area is 149 Å². The normalized spacial score (nSPS) is 25.5. The summed E-state index contributed by atoms with van der Waals surface area (Å²) in [5, 5.41) is 0. The minimum atomic E-state index is 0.327. The SMILES string of the molecule is CCCC1CCCCC1CCC(=O)CCC(=O)CC1CCCCC1. The van der Waals surface area contributed by atoms with Crippen LogP contribution in [0.5, 0.6) is 0 Å². The van der Waals surface area contributed by atoms with Crippen molar-refractivity contribution in [3.05, 3.63) is 0 Å². The molecule has 0 aromatic rings. The van der Waals surface area contributed by atoms with E-state index in [1.807, 2.05) is 0 Å². The zero-order valence-corrected chi connectivity index (χ0v) is 15.9. The number of carbonyl (C=O) groups excluding carboxylic acids is 2. The molecule has 2 fully saturated rings. The third-order valence-electron chi connectivity index (χ3n) is 6.44. The molecule has 0 aromatic carbocycles. The van der Waals surface area contributed by atoms with E-state index in [1.54, 1.807) is 0 Å². The maximum Gasteiger partial charge on any atom is 0.133 e. The standard InChI is InChI=1S/C22H38O2/c1-2-8-19-11-6-7-12-20(19)13-14-21(23)15-16-22(24)17-18-9-4-3-5-10-18/h18-20H,2-17H2,1H3. The van der Waals surface area contributed by atoms with Crippen molar-refractivity contribution in [1.29, 1.82) is 0 Å². The Morgan fingerprint density at radius 1 is 0.708 bits per heavy atom. The highest BCUT2D eigenvalue weighted by atomic mass is 16.1. The fourth-order valence-electron chi connectivity index (χ4n) is 4.98. The van der Waals surface area contributed by atoms with Crippen molar-refractivity contribution in [3.8, 4) is 0 Å². The van der Waals surface area contributed by atoms with Crippen molar-refractivity contribution in [3.63, 3.8) is 0 Å². The van der Waals surface area contributed by atoms with Crippen LogP contribution >= 0.6 is 0 Å². The van der Waals surface area contributed by atoms with Crippen LogP contribution in [0.1, 0.15) is 110 Å². The van der Waals surface area contributed by atoms with E-state index in [0.717, 1.165) is 24.7 Å². The summed E-state index contributed by atoms with van der Waals surface area (Å²) in [6.07, 6.45) is 17.9. The number of Topliss-reactive ketones (excluding diaryl/α,β-unsaturated/α-hetero) is 2. The molecule has 138 valence electrons. The highest BCUT2D eigenvalue weighted by Gasteiger charge is 2.25. The first kappa shape index (κ1) is 19.7. The lowest BCUT2D eigenvalue weighted by atomic mass is 9.74. The largest absolute Gasteiger partial charge is 0.300 e. The van der Waals surface area contributed by atoms with Crippen LogP contribution in [0, 0.1) is 17.8 Å². The molecule has 0 aromatic heterocycles. The van der Waals surface area contributed by atoms with Gasteiger partial charge in [0.05, 0.1) is 0 Å². The molecule has 0 spiro atoms. The van der Waals surface area contributed by atoms with Gasteiger partial charge in [-0.15, -0.1) is 0 Å². The van der Waals surface area contributed by atoms with E-state index >= 15 is 0 Å². The summed E-state index contributed by atoms with van der Waals surface area (Å²) in [5.41, 5.74) is 0. The predicted octanol–water partition coefficient (Wildman–Crippen LogP) is 6.26. The van der Waals surface area contributed by atoms with Gasteiger partial charge in [-0.05, 0) is 24.2 Å². The van der Waals surface area contributed by atoms with E-state index in [0.29, 0.717) is 36.7 Å². The zero-order chi connectivity index (χ0) is 17.2. The molecular weight excluding hydrogens is 296 g/mol. The first-order valence-corrected chi connectivity index (χ1v) is 10.7. The second-order valence-electron chi connectivity index (χ2n) is 8.42. The summed E-state index contributed by atoms with van der Waals surface area (Å²) in [6, 6.07) is 0. The molecule has 24 heavy (non-hydrogen) atoms. The summed E-state index contributed by atoms with van der Waals surface area (Å²) >= 11 is 0. The second-order valence-corrected chi connectivity index (χ2v) is 8.42. The number of hydrogen-bond donors (Lipinski definition) is 0. The lowest BCUT2D eigenvalue weighted by Gasteiger charge is -2.31. The van der Waals surface area contributed by atoms with E-state index in [4.69, 9.17) is 0 Å². The topological polar surface area (TPSA) is 34.1 Å². The first-order valence-electron chi connectivity index (χ1n) is 10.7. The molecule has 0 bridgehead atoms. The molecule has 0 radical (unpaired) electrons. The molecular formula is C22H38O2. The summed E-state index contributed by atoms with van der Waals surface area (Å²) in [4.78, 5) is 24.3. The van der Waals surface area contributed by atoms with Crippen molar-refractivity contribution < 1.29 is 9.59 Å². The molecule has 2 aliphatic carbocycles. The first-order chi connectivity index (χ1) is 11.7. The highest BCUT2D eigenvalue weighted by molar-refractivity contribution is 5.86. The van der Waals surface area contributed by atoms with Crippen LogP contribution in [0.2, 0.25) is 0 Å². The Bertz CT molecular complexity index is 379. The molecule has 0 heterocycles. The van der Waals surface area contributed by atoms with Gasteiger partial charge in [0, 0.05) is 25.7 Å². The lowest BCUT2D eigenvalue weighted by Crippen LogP contribution is -2.20. The van der Waals surface area contributed by atoms with Gasteiger partial charge in [0.15, 0.2) is 0 Å². The van der Waals surface area contributed by atoms with E-state index in [2.05, 4.69) is 6.92 Å². The zero-order valence-electron chi connectivity index (χ0n) is 15.9. The third kappa shape index (κ3) is 7.07. The molecule has 2 rings (SSSR count). The van der Waals surface area contributed by atoms with Crippen LogP contribution in [0.4, 0.5) is 0 Å². The number of hydrogen-bond acceptors (Lipinski definition) is 2. The summed E-state index contributed by atoms with van der Waals surface area (Å²) < 4.78 is 0. The molecule has 2 unspecified atom stereocenters. The maximum atomic E-state index is 12.2. The Morgan fingerprint density at radius 3 is 1.96 bits per heavy atom. The van der Waals surface area contributed by atoms with Gasteiger partial charge in [-0.2, -0.15) is 0 Å². The van der Waals surface area contributed by atoms with Gasteiger partial charge in [-0.25, -0.2) is 0 Å². The van der Waals surface area contributed by atoms with Crippen LogP contribution < -0.4 is 0 Å². The van der Waals surface area contributed by atoms with Crippen molar-refractivity contribution in [1.82, 2.24) is 0 Å². The lowest BCUT2D eigenvalue weighted by molar-refractivity contribution is -0.125. The molecule has 2 nitrogen and oxygen atoms in total. The minimum absolute atomic E-state index is 0.327. The summed E-state index contributed by atoms with van der Waals surface area (Å²) in [6.45, 7) is 2.27. The molecule has 2 heteroatoms. The van der Waals surface area contributed by atoms with Crippen LogP contribution in [0.15, 0.2) is 0 Å². The monoisotopic (exact) mass is 334 g/mol. The average Bonchev–Trinajstić information content (AvgIpc) is 2.60. The van der Waals surface area contributed by atoms with Gasteiger partial charge in [0.2, 0.25) is 0 Å². The molecule has 0 amide bonds. The highest BCUT2D eigenvalue weighted by Crippen LogP contribution is 2.36. The van der Waals surface area contributed by atoms with Gasteiger partial charge >= 0.3 is 0 Å². The van der Waals surface area contributed by atoms with Crippen LogP contribution in [-0.4, -0.2) is 11.6 Å². The van der Waals surface area contributed by atoms with Gasteiger partial charge in [0.25, 0.3) is 0 Å². The number of rotatable bonds is 10. The van der Waals surface area contributed by atoms with Gasteiger partial charge in [-0.3, -0.25) is 9.59 Å². The van der Waals surface area contributed by atoms with Gasteiger partial charge in [-0.1, -0.05) is 77.6 Å². The third-order valence-corrected chi connectivity index (χ3v) is 6.44. The second kappa shape index (κ2) is 11.1. The van der Waals surface area contributed by atoms with E-state index in [1.165, 1.54) is 70.6 Å².